The van der Waals surface area contributed by atoms with E-state index in [9.17, 15) is 9.18 Å². The highest BCUT2D eigenvalue weighted by atomic mass is 35.5. The Morgan fingerprint density at radius 3 is 2.81 bits per heavy atom. The molecular weight excluding hydrogens is 297 g/mol. The first kappa shape index (κ1) is 15.6. The summed E-state index contributed by atoms with van der Waals surface area (Å²) in [4.78, 5) is 13.7. The molecule has 1 heterocycles. The van der Waals surface area contributed by atoms with Crippen LogP contribution in [0.25, 0.3) is 0 Å². The Bertz CT molecular complexity index is 578. The lowest BCUT2D eigenvalue weighted by Gasteiger charge is -2.23. The number of amides is 2. The summed E-state index contributed by atoms with van der Waals surface area (Å²) in [6, 6.07) is 2.12. The number of hydrogen-bond acceptors (Lipinski definition) is 3. The average molecular weight is 314 g/mol. The number of rotatable bonds is 3. The maximum atomic E-state index is 14.2. The highest BCUT2D eigenvalue weighted by Gasteiger charge is 2.25. The van der Waals surface area contributed by atoms with Gasteiger partial charge in [0.15, 0.2) is 5.82 Å². The number of carbonyl (C=O) groups excluding carboxylic acids is 1. The summed E-state index contributed by atoms with van der Waals surface area (Å²) in [6.07, 6.45) is 2.08. The minimum atomic E-state index is -0.628. The Hall–Kier alpha value is -1.82. The molecule has 114 valence electrons. The molecule has 0 aliphatic carbocycles. The van der Waals surface area contributed by atoms with Gasteiger partial charge in [0.05, 0.1) is 11.1 Å². The van der Waals surface area contributed by atoms with Gasteiger partial charge in [-0.2, -0.15) is 10.1 Å². The standard InChI is InChI=1S/C14H17ClFN3O2/c1-9(2)21-13-8-12(11(16)7-10(13)15)19-14(20)18(3)6-4-5-17-19/h5,7-9H,4,6H2,1-3H3. The topological polar surface area (TPSA) is 45.1 Å². The number of hydrazone groups is 1. The van der Waals surface area contributed by atoms with E-state index in [-0.39, 0.29) is 16.8 Å². The van der Waals surface area contributed by atoms with Gasteiger partial charge < -0.3 is 9.64 Å². The fraction of sp³-hybridized carbons (Fsp3) is 0.429. The molecule has 1 aromatic carbocycles. The highest BCUT2D eigenvalue weighted by molar-refractivity contribution is 6.32. The Morgan fingerprint density at radius 2 is 2.14 bits per heavy atom. The molecule has 0 radical (unpaired) electrons. The van der Waals surface area contributed by atoms with Gasteiger partial charge in [0.25, 0.3) is 0 Å². The van der Waals surface area contributed by atoms with E-state index in [2.05, 4.69) is 5.10 Å². The SMILES string of the molecule is CC(C)Oc1cc(N2N=CCCN(C)C2=O)c(F)cc1Cl. The van der Waals surface area contributed by atoms with E-state index in [1.165, 1.54) is 11.0 Å². The van der Waals surface area contributed by atoms with Crippen molar-refractivity contribution in [2.75, 3.05) is 18.6 Å². The smallest absolute Gasteiger partial charge is 0.345 e. The van der Waals surface area contributed by atoms with Crippen LogP contribution in [0.2, 0.25) is 5.02 Å². The van der Waals surface area contributed by atoms with E-state index in [4.69, 9.17) is 16.3 Å². The first-order chi connectivity index (χ1) is 9.90. The van der Waals surface area contributed by atoms with Crippen LogP contribution in [0.1, 0.15) is 20.3 Å². The van der Waals surface area contributed by atoms with Crippen LogP contribution in [0.3, 0.4) is 0 Å². The highest BCUT2D eigenvalue weighted by Crippen LogP contribution is 2.34. The summed E-state index contributed by atoms with van der Waals surface area (Å²) < 4.78 is 19.7. The molecular formula is C14H17ClFN3O2. The van der Waals surface area contributed by atoms with Crippen molar-refractivity contribution in [3.05, 3.63) is 23.0 Å². The number of anilines is 1. The molecule has 0 saturated heterocycles. The molecule has 2 amide bonds. The lowest BCUT2D eigenvalue weighted by Crippen LogP contribution is -2.37. The van der Waals surface area contributed by atoms with Crippen LogP contribution in [0.5, 0.6) is 5.75 Å². The summed E-state index contributed by atoms with van der Waals surface area (Å²) in [5.41, 5.74) is 0.0186. The number of urea groups is 1. The van der Waals surface area contributed by atoms with Crippen molar-refractivity contribution in [3.8, 4) is 5.75 Å². The molecule has 1 aliphatic heterocycles. The quantitative estimate of drug-likeness (QED) is 0.857. The molecule has 0 atom stereocenters. The van der Waals surface area contributed by atoms with Crippen LogP contribution in [0, 0.1) is 5.82 Å². The zero-order chi connectivity index (χ0) is 15.6. The van der Waals surface area contributed by atoms with Gasteiger partial charge >= 0.3 is 6.03 Å². The summed E-state index contributed by atoms with van der Waals surface area (Å²) in [6.45, 7) is 4.20. The predicted molar refractivity (Wildman–Crippen MR) is 80.8 cm³/mol. The Labute approximate surface area is 127 Å². The molecule has 0 spiro atoms. The van der Waals surface area contributed by atoms with Gasteiger partial charge in [0.1, 0.15) is 11.4 Å². The van der Waals surface area contributed by atoms with E-state index in [0.29, 0.717) is 18.7 Å². The van der Waals surface area contributed by atoms with E-state index < -0.39 is 11.8 Å². The molecule has 0 N–H and O–H groups in total. The van der Waals surface area contributed by atoms with Crippen molar-refractivity contribution in [2.24, 2.45) is 5.10 Å². The Morgan fingerprint density at radius 1 is 1.43 bits per heavy atom. The van der Waals surface area contributed by atoms with Gasteiger partial charge in [-0.15, -0.1) is 0 Å². The second-order valence-electron chi connectivity index (χ2n) is 5.00. The van der Waals surface area contributed by atoms with Crippen molar-refractivity contribution in [1.29, 1.82) is 0 Å². The van der Waals surface area contributed by atoms with Crippen LogP contribution in [-0.2, 0) is 0 Å². The zero-order valence-electron chi connectivity index (χ0n) is 12.1. The minimum absolute atomic E-state index is 0.0186. The first-order valence-corrected chi connectivity index (χ1v) is 7.01. The molecule has 1 aromatic rings. The van der Waals surface area contributed by atoms with Crippen molar-refractivity contribution in [1.82, 2.24) is 4.90 Å². The van der Waals surface area contributed by atoms with Gasteiger partial charge in [0.2, 0.25) is 0 Å². The summed E-state index contributed by atoms with van der Waals surface area (Å²) in [5.74, 6) is -0.310. The van der Waals surface area contributed by atoms with Gasteiger partial charge in [-0.25, -0.2) is 9.18 Å². The monoisotopic (exact) mass is 313 g/mol. The van der Waals surface area contributed by atoms with Gasteiger partial charge in [-0.1, -0.05) is 11.6 Å². The lowest BCUT2D eigenvalue weighted by molar-refractivity contribution is 0.218. The van der Waals surface area contributed by atoms with Crippen LogP contribution < -0.4 is 9.75 Å². The zero-order valence-corrected chi connectivity index (χ0v) is 12.9. The largest absolute Gasteiger partial charge is 0.489 e. The molecule has 0 aromatic heterocycles. The Balaban J connectivity index is 2.44. The van der Waals surface area contributed by atoms with Crippen LogP contribution in [0.15, 0.2) is 17.2 Å². The molecule has 5 nitrogen and oxygen atoms in total. The molecule has 1 aliphatic rings. The van der Waals surface area contributed by atoms with E-state index >= 15 is 0 Å². The fourth-order valence-corrected chi connectivity index (χ4v) is 2.08. The third kappa shape index (κ3) is 3.44. The third-order valence-electron chi connectivity index (χ3n) is 2.89. The van der Waals surface area contributed by atoms with Crippen LogP contribution >= 0.6 is 11.6 Å². The van der Waals surface area contributed by atoms with Crippen molar-refractivity contribution in [2.45, 2.75) is 26.4 Å². The number of carbonyl (C=O) groups is 1. The molecule has 0 fully saturated rings. The maximum absolute atomic E-state index is 14.2. The summed E-state index contributed by atoms with van der Waals surface area (Å²) in [5, 5.41) is 5.19. The molecule has 0 bridgehead atoms. The molecule has 0 saturated carbocycles. The van der Waals surface area contributed by atoms with Crippen molar-refractivity contribution in [3.63, 3.8) is 0 Å². The number of nitrogens with zero attached hydrogens (tertiary/aromatic N) is 3. The average Bonchev–Trinajstić information content (AvgIpc) is 2.56. The van der Waals surface area contributed by atoms with Crippen molar-refractivity contribution < 1.29 is 13.9 Å². The first-order valence-electron chi connectivity index (χ1n) is 6.63. The number of hydrogen-bond donors (Lipinski definition) is 0. The molecule has 21 heavy (non-hydrogen) atoms. The predicted octanol–water partition coefficient (Wildman–Crippen LogP) is 3.51. The normalized spacial score (nSPS) is 15.6. The molecule has 7 heteroatoms. The lowest BCUT2D eigenvalue weighted by atomic mass is 10.2. The summed E-state index contributed by atoms with van der Waals surface area (Å²) in [7, 11) is 1.64. The number of halogens is 2. The molecule has 0 unspecified atom stereocenters. The summed E-state index contributed by atoms with van der Waals surface area (Å²) >= 11 is 5.96. The van der Waals surface area contributed by atoms with Gasteiger partial charge in [0, 0.05) is 32.3 Å². The van der Waals surface area contributed by atoms with Gasteiger partial charge in [-0.3, -0.25) is 0 Å². The maximum Gasteiger partial charge on any atom is 0.345 e. The third-order valence-corrected chi connectivity index (χ3v) is 3.19. The Kier molecular flexibility index (Phi) is 4.67. The molecule has 2 rings (SSSR count). The van der Waals surface area contributed by atoms with E-state index in [1.54, 1.807) is 13.3 Å². The number of ether oxygens (including phenoxy) is 1. The second kappa shape index (κ2) is 6.30. The fourth-order valence-electron chi connectivity index (χ4n) is 1.89. The van der Waals surface area contributed by atoms with Crippen molar-refractivity contribution >= 4 is 29.5 Å². The van der Waals surface area contributed by atoms with Gasteiger partial charge in [-0.05, 0) is 19.9 Å². The number of benzene rings is 1. The minimum Gasteiger partial charge on any atom is -0.489 e. The van der Waals surface area contributed by atoms with Crippen LogP contribution in [0.4, 0.5) is 14.9 Å². The van der Waals surface area contributed by atoms with Crippen LogP contribution in [-0.4, -0.2) is 36.8 Å². The van der Waals surface area contributed by atoms with E-state index in [1.807, 2.05) is 13.8 Å². The second-order valence-corrected chi connectivity index (χ2v) is 5.41. The van der Waals surface area contributed by atoms with E-state index in [0.717, 1.165) is 11.1 Å².